The van der Waals surface area contributed by atoms with Gasteiger partial charge in [-0.2, -0.15) is 0 Å². The number of ether oxygens (including phenoxy) is 2. The Morgan fingerprint density at radius 3 is 2.42 bits per heavy atom. The molecule has 0 saturated carbocycles. The maximum atomic E-state index is 12.6. The van der Waals surface area contributed by atoms with E-state index in [0.29, 0.717) is 22.9 Å². The second-order valence-electron chi connectivity index (χ2n) is 6.20. The van der Waals surface area contributed by atoms with E-state index in [0.717, 1.165) is 18.5 Å². The van der Waals surface area contributed by atoms with Gasteiger partial charge in [0.1, 0.15) is 17.1 Å². The second kappa shape index (κ2) is 7.38. The molecule has 1 aromatic carbocycles. The van der Waals surface area contributed by atoms with E-state index in [-0.39, 0.29) is 11.3 Å². The summed E-state index contributed by atoms with van der Waals surface area (Å²) in [5, 5.41) is 6.80. The highest BCUT2D eigenvalue weighted by atomic mass is 16.5. The molecule has 1 N–H and O–H groups in total. The third-order valence-corrected chi connectivity index (χ3v) is 3.97. The lowest BCUT2D eigenvalue weighted by atomic mass is 9.85. The Labute approximate surface area is 142 Å². The van der Waals surface area contributed by atoms with Crippen LogP contribution in [0.25, 0.3) is 0 Å². The molecule has 1 aromatic heterocycles. The van der Waals surface area contributed by atoms with Crippen molar-refractivity contribution in [2.75, 3.05) is 19.5 Å². The topological polar surface area (TPSA) is 73.6 Å². The fourth-order valence-corrected chi connectivity index (χ4v) is 2.66. The van der Waals surface area contributed by atoms with Gasteiger partial charge in [0, 0.05) is 11.5 Å². The van der Waals surface area contributed by atoms with Crippen molar-refractivity contribution in [1.82, 2.24) is 5.16 Å². The lowest BCUT2D eigenvalue weighted by Gasteiger charge is -2.19. The van der Waals surface area contributed by atoms with E-state index < -0.39 is 0 Å². The van der Waals surface area contributed by atoms with Gasteiger partial charge in [-0.3, -0.25) is 10.1 Å². The van der Waals surface area contributed by atoms with Crippen LogP contribution in [-0.2, 0) is 5.41 Å². The van der Waals surface area contributed by atoms with Crippen LogP contribution in [0, 0.1) is 0 Å². The summed E-state index contributed by atoms with van der Waals surface area (Å²) in [5.41, 5.74) is 1.02. The van der Waals surface area contributed by atoms with Crippen molar-refractivity contribution < 1.29 is 18.8 Å². The van der Waals surface area contributed by atoms with Crippen LogP contribution in [0.3, 0.4) is 0 Å². The Kier molecular flexibility index (Phi) is 5.49. The van der Waals surface area contributed by atoms with Gasteiger partial charge in [-0.05, 0) is 18.6 Å². The molecule has 6 heteroatoms. The molecule has 2 rings (SSSR count). The number of hydrogen-bond acceptors (Lipinski definition) is 5. The van der Waals surface area contributed by atoms with Crippen LogP contribution in [0.2, 0.25) is 0 Å². The van der Waals surface area contributed by atoms with Crippen molar-refractivity contribution in [3.63, 3.8) is 0 Å². The number of carbonyl (C=O) groups is 1. The molecular weight excluding hydrogens is 308 g/mol. The van der Waals surface area contributed by atoms with Crippen LogP contribution in [0.1, 0.15) is 49.7 Å². The lowest BCUT2D eigenvalue weighted by Crippen LogP contribution is -2.17. The van der Waals surface area contributed by atoms with Gasteiger partial charge in [-0.1, -0.05) is 38.4 Å². The van der Waals surface area contributed by atoms with Crippen molar-refractivity contribution in [3.05, 3.63) is 35.5 Å². The molecule has 0 radical (unpaired) electrons. The highest BCUT2D eigenvalue weighted by molar-refractivity contribution is 6.07. The van der Waals surface area contributed by atoms with E-state index in [2.05, 4.69) is 31.2 Å². The first-order valence-corrected chi connectivity index (χ1v) is 7.92. The second-order valence-corrected chi connectivity index (χ2v) is 6.20. The molecule has 1 heterocycles. The van der Waals surface area contributed by atoms with E-state index in [1.807, 2.05) is 0 Å². The van der Waals surface area contributed by atoms with E-state index >= 15 is 0 Å². The smallest absolute Gasteiger partial charge is 0.265 e. The normalized spacial score (nSPS) is 11.2. The van der Waals surface area contributed by atoms with Crippen molar-refractivity contribution in [1.29, 1.82) is 0 Å². The largest absolute Gasteiger partial charge is 0.496 e. The number of benzene rings is 1. The average Bonchev–Trinajstić information content (AvgIpc) is 3.03. The van der Waals surface area contributed by atoms with E-state index in [1.165, 1.54) is 14.2 Å². The van der Waals surface area contributed by atoms with Crippen molar-refractivity contribution in [3.8, 4) is 11.5 Å². The lowest BCUT2D eigenvalue weighted by molar-refractivity contribution is 0.101. The Bertz CT molecular complexity index is 685. The molecule has 0 atom stereocenters. The van der Waals surface area contributed by atoms with Gasteiger partial charge in [0.15, 0.2) is 0 Å². The summed E-state index contributed by atoms with van der Waals surface area (Å²) in [6.07, 6.45) is 2.02. The minimum absolute atomic E-state index is 0.108. The summed E-state index contributed by atoms with van der Waals surface area (Å²) >= 11 is 0. The van der Waals surface area contributed by atoms with Gasteiger partial charge in [-0.15, -0.1) is 0 Å². The zero-order valence-electron chi connectivity index (χ0n) is 14.8. The van der Waals surface area contributed by atoms with Gasteiger partial charge in [0.2, 0.25) is 5.88 Å². The first-order valence-electron chi connectivity index (χ1n) is 7.92. The van der Waals surface area contributed by atoms with Crippen LogP contribution in [-0.4, -0.2) is 25.3 Å². The van der Waals surface area contributed by atoms with E-state index in [4.69, 9.17) is 14.0 Å². The van der Waals surface area contributed by atoms with Gasteiger partial charge >= 0.3 is 0 Å². The molecule has 0 fully saturated rings. The summed E-state index contributed by atoms with van der Waals surface area (Å²) in [7, 11) is 3.01. The third-order valence-electron chi connectivity index (χ3n) is 3.97. The van der Waals surface area contributed by atoms with E-state index in [1.54, 1.807) is 24.3 Å². The maximum Gasteiger partial charge on any atom is 0.265 e. The van der Waals surface area contributed by atoms with Crippen LogP contribution in [0.4, 0.5) is 5.88 Å². The number of anilines is 1. The standard InChI is InChI=1S/C18H24N2O4/c1-6-10-18(2,3)14-11-15(24-20-14)19-17(21)16-12(22-4)8-7-9-13(16)23-5/h7-9,11H,6,10H2,1-5H3,(H,19,21). The predicted molar refractivity (Wildman–Crippen MR) is 91.9 cm³/mol. The summed E-state index contributed by atoms with van der Waals surface area (Å²) in [6.45, 7) is 6.32. The number of aromatic nitrogens is 1. The first-order chi connectivity index (χ1) is 11.4. The quantitative estimate of drug-likeness (QED) is 0.829. The maximum absolute atomic E-state index is 12.6. The van der Waals surface area contributed by atoms with Gasteiger partial charge in [0.25, 0.3) is 5.91 Å². The molecule has 130 valence electrons. The van der Waals surface area contributed by atoms with Gasteiger partial charge in [0.05, 0.1) is 19.9 Å². The van der Waals surface area contributed by atoms with E-state index in [9.17, 15) is 4.79 Å². The summed E-state index contributed by atoms with van der Waals surface area (Å²) in [4.78, 5) is 12.6. The van der Waals surface area contributed by atoms with Crippen LogP contribution in [0.5, 0.6) is 11.5 Å². The average molecular weight is 332 g/mol. The summed E-state index contributed by atoms with van der Waals surface area (Å²) in [5.74, 6) is 0.781. The predicted octanol–water partition coefficient (Wildman–Crippen LogP) is 4.02. The Morgan fingerprint density at radius 1 is 1.25 bits per heavy atom. The van der Waals surface area contributed by atoms with Crippen molar-refractivity contribution in [2.24, 2.45) is 0 Å². The molecule has 0 aliphatic heterocycles. The molecule has 0 unspecified atom stereocenters. The number of rotatable bonds is 7. The molecule has 0 spiro atoms. The molecule has 0 aliphatic rings. The van der Waals surface area contributed by atoms with Crippen LogP contribution < -0.4 is 14.8 Å². The zero-order valence-corrected chi connectivity index (χ0v) is 14.8. The SMILES string of the molecule is CCCC(C)(C)c1cc(NC(=O)c2c(OC)cccc2OC)on1. The Balaban J connectivity index is 2.24. The number of methoxy groups -OCH3 is 2. The number of nitrogens with one attached hydrogen (secondary N) is 1. The number of nitrogens with zero attached hydrogens (tertiary/aromatic N) is 1. The molecule has 24 heavy (non-hydrogen) atoms. The highest BCUT2D eigenvalue weighted by Crippen LogP contribution is 2.31. The monoisotopic (exact) mass is 332 g/mol. The van der Waals surface area contributed by atoms with Gasteiger partial charge < -0.3 is 14.0 Å². The zero-order chi connectivity index (χ0) is 17.7. The summed E-state index contributed by atoms with van der Waals surface area (Å²) in [6, 6.07) is 6.92. The minimum atomic E-state index is -0.375. The molecule has 1 amide bonds. The van der Waals surface area contributed by atoms with Gasteiger partial charge in [-0.25, -0.2) is 0 Å². The Hall–Kier alpha value is -2.50. The summed E-state index contributed by atoms with van der Waals surface area (Å²) < 4.78 is 15.8. The fraction of sp³-hybridized carbons (Fsp3) is 0.444. The molecular formula is C18H24N2O4. The van der Waals surface area contributed by atoms with Crippen molar-refractivity contribution >= 4 is 11.8 Å². The van der Waals surface area contributed by atoms with Crippen molar-refractivity contribution in [2.45, 2.75) is 39.0 Å². The number of hydrogen-bond donors (Lipinski definition) is 1. The molecule has 2 aromatic rings. The van der Waals surface area contributed by atoms with Crippen LogP contribution in [0.15, 0.2) is 28.8 Å². The third kappa shape index (κ3) is 3.69. The highest BCUT2D eigenvalue weighted by Gasteiger charge is 2.25. The molecule has 6 nitrogen and oxygen atoms in total. The Morgan fingerprint density at radius 2 is 1.88 bits per heavy atom. The first kappa shape index (κ1) is 17.8. The molecule has 0 bridgehead atoms. The molecule has 0 aliphatic carbocycles. The molecule has 0 saturated heterocycles. The number of amides is 1. The number of carbonyl (C=O) groups excluding carboxylic acids is 1. The fourth-order valence-electron chi connectivity index (χ4n) is 2.66. The van der Waals surface area contributed by atoms with Crippen LogP contribution >= 0.6 is 0 Å². The minimum Gasteiger partial charge on any atom is -0.496 e.